The molecule has 0 fully saturated rings. The van der Waals surface area contributed by atoms with Crippen molar-refractivity contribution in [3.05, 3.63) is 23.8 Å². The van der Waals surface area contributed by atoms with E-state index in [4.69, 9.17) is 9.47 Å². The Hall–Kier alpha value is -1.91. The Kier molecular flexibility index (Phi) is 8.44. The van der Waals surface area contributed by atoms with Gasteiger partial charge in [0.1, 0.15) is 0 Å². The van der Waals surface area contributed by atoms with Crippen LogP contribution in [0.2, 0.25) is 0 Å². The van der Waals surface area contributed by atoms with Gasteiger partial charge in [-0.1, -0.05) is 33.8 Å². The molecular formula is C19H32N2O3. The predicted octanol–water partition coefficient (Wildman–Crippen LogP) is 3.57. The van der Waals surface area contributed by atoms with Gasteiger partial charge in [-0.2, -0.15) is 0 Å². The van der Waals surface area contributed by atoms with Crippen molar-refractivity contribution in [3.63, 3.8) is 0 Å². The van der Waals surface area contributed by atoms with Gasteiger partial charge in [0.15, 0.2) is 11.5 Å². The first-order valence-electron chi connectivity index (χ1n) is 8.61. The SMILES string of the molecule is COc1ccc(CCNC(=O)N(CC(C)C)CC(C)C)cc1OC. The highest BCUT2D eigenvalue weighted by Gasteiger charge is 2.15. The van der Waals surface area contributed by atoms with Crippen LogP contribution in [0.3, 0.4) is 0 Å². The molecule has 24 heavy (non-hydrogen) atoms. The fourth-order valence-corrected chi connectivity index (χ4v) is 2.58. The van der Waals surface area contributed by atoms with Crippen LogP contribution < -0.4 is 14.8 Å². The number of hydrogen-bond donors (Lipinski definition) is 1. The third kappa shape index (κ3) is 6.69. The molecule has 0 aliphatic carbocycles. The second kappa shape index (κ2) is 10.1. The summed E-state index contributed by atoms with van der Waals surface area (Å²) in [5.41, 5.74) is 1.10. The van der Waals surface area contributed by atoms with Gasteiger partial charge < -0.3 is 19.7 Å². The number of nitrogens with zero attached hydrogens (tertiary/aromatic N) is 1. The van der Waals surface area contributed by atoms with E-state index in [1.165, 1.54) is 0 Å². The molecule has 0 spiro atoms. The molecule has 0 radical (unpaired) electrons. The lowest BCUT2D eigenvalue weighted by atomic mass is 10.1. The molecule has 0 aromatic heterocycles. The van der Waals surface area contributed by atoms with Crippen LogP contribution in [0.4, 0.5) is 4.79 Å². The minimum absolute atomic E-state index is 0.0119. The van der Waals surface area contributed by atoms with Crippen molar-refractivity contribution in [3.8, 4) is 11.5 Å². The van der Waals surface area contributed by atoms with Crippen LogP contribution in [-0.4, -0.2) is 44.8 Å². The summed E-state index contributed by atoms with van der Waals surface area (Å²) >= 11 is 0. The summed E-state index contributed by atoms with van der Waals surface area (Å²) in [6.07, 6.45) is 0.753. The molecule has 1 rings (SSSR count). The smallest absolute Gasteiger partial charge is 0.317 e. The first-order valence-corrected chi connectivity index (χ1v) is 8.61. The van der Waals surface area contributed by atoms with E-state index in [0.717, 1.165) is 25.1 Å². The third-order valence-electron chi connectivity index (χ3n) is 3.60. The number of amides is 2. The topological polar surface area (TPSA) is 50.8 Å². The molecule has 0 atom stereocenters. The molecule has 5 nitrogen and oxygen atoms in total. The van der Waals surface area contributed by atoms with E-state index in [0.29, 0.717) is 29.9 Å². The number of carbonyl (C=O) groups is 1. The van der Waals surface area contributed by atoms with E-state index in [-0.39, 0.29) is 6.03 Å². The second-order valence-electron chi connectivity index (χ2n) is 6.86. The normalized spacial score (nSPS) is 10.8. The lowest BCUT2D eigenvalue weighted by Crippen LogP contribution is -2.44. The molecule has 1 aromatic rings. The Bertz CT molecular complexity index is 505. The highest BCUT2D eigenvalue weighted by atomic mass is 16.5. The van der Waals surface area contributed by atoms with Gasteiger partial charge in [-0.25, -0.2) is 4.79 Å². The van der Waals surface area contributed by atoms with Crippen molar-refractivity contribution < 1.29 is 14.3 Å². The fraction of sp³-hybridized carbons (Fsp3) is 0.632. The number of benzene rings is 1. The van der Waals surface area contributed by atoms with Crippen LogP contribution >= 0.6 is 0 Å². The van der Waals surface area contributed by atoms with Gasteiger partial charge in [0.25, 0.3) is 0 Å². The van der Waals surface area contributed by atoms with Gasteiger partial charge in [0.2, 0.25) is 0 Å². The Morgan fingerprint density at radius 1 is 1.04 bits per heavy atom. The molecular weight excluding hydrogens is 304 g/mol. The van der Waals surface area contributed by atoms with E-state index in [1.54, 1.807) is 14.2 Å². The van der Waals surface area contributed by atoms with E-state index in [2.05, 4.69) is 33.0 Å². The van der Waals surface area contributed by atoms with Crippen LogP contribution in [0.5, 0.6) is 11.5 Å². The largest absolute Gasteiger partial charge is 0.493 e. The Balaban J connectivity index is 2.56. The minimum atomic E-state index is 0.0119. The van der Waals surface area contributed by atoms with E-state index in [1.807, 2.05) is 23.1 Å². The number of methoxy groups -OCH3 is 2. The number of nitrogens with one attached hydrogen (secondary N) is 1. The lowest BCUT2D eigenvalue weighted by molar-refractivity contribution is 0.183. The van der Waals surface area contributed by atoms with Gasteiger partial charge in [-0.05, 0) is 36.0 Å². The molecule has 0 unspecified atom stereocenters. The summed E-state index contributed by atoms with van der Waals surface area (Å²) in [6.45, 7) is 10.7. The van der Waals surface area contributed by atoms with Crippen LogP contribution in [-0.2, 0) is 6.42 Å². The highest BCUT2D eigenvalue weighted by molar-refractivity contribution is 5.74. The first-order chi connectivity index (χ1) is 11.4. The number of urea groups is 1. The molecule has 0 saturated heterocycles. The molecule has 0 aliphatic rings. The van der Waals surface area contributed by atoms with Crippen LogP contribution in [0.1, 0.15) is 33.3 Å². The molecule has 136 valence electrons. The average Bonchev–Trinajstić information content (AvgIpc) is 2.53. The van der Waals surface area contributed by atoms with Gasteiger partial charge in [0.05, 0.1) is 14.2 Å². The zero-order valence-corrected chi connectivity index (χ0v) is 15.9. The molecule has 1 N–H and O–H groups in total. The maximum Gasteiger partial charge on any atom is 0.317 e. The maximum absolute atomic E-state index is 12.4. The van der Waals surface area contributed by atoms with Gasteiger partial charge in [-0.3, -0.25) is 0 Å². The van der Waals surface area contributed by atoms with Gasteiger partial charge >= 0.3 is 6.03 Å². The highest BCUT2D eigenvalue weighted by Crippen LogP contribution is 2.27. The second-order valence-corrected chi connectivity index (χ2v) is 6.86. The summed E-state index contributed by atoms with van der Waals surface area (Å²) in [5.74, 6) is 2.34. The van der Waals surface area contributed by atoms with Crippen molar-refractivity contribution in [1.29, 1.82) is 0 Å². The van der Waals surface area contributed by atoms with Crippen LogP contribution in [0.25, 0.3) is 0 Å². The Morgan fingerprint density at radius 2 is 1.62 bits per heavy atom. The molecule has 2 amide bonds. The first kappa shape index (κ1) is 20.1. The summed E-state index contributed by atoms with van der Waals surface area (Å²) in [4.78, 5) is 14.3. The molecule has 1 aromatic carbocycles. The molecule has 5 heteroatoms. The molecule has 0 aliphatic heterocycles. The van der Waals surface area contributed by atoms with Crippen LogP contribution in [0, 0.1) is 11.8 Å². The number of hydrogen-bond acceptors (Lipinski definition) is 3. The van der Waals surface area contributed by atoms with Crippen molar-refractivity contribution in [1.82, 2.24) is 10.2 Å². The number of ether oxygens (including phenoxy) is 2. The van der Waals surface area contributed by atoms with E-state index in [9.17, 15) is 4.79 Å². The molecule has 0 bridgehead atoms. The zero-order valence-electron chi connectivity index (χ0n) is 15.9. The third-order valence-corrected chi connectivity index (χ3v) is 3.60. The number of carbonyl (C=O) groups excluding carboxylic acids is 1. The fourth-order valence-electron chi connectivity index (χ4n) is 2.58. The average molecular weight is 336 g/mol. The van der Waals surface area contributed by atoms with Crippen molar-refractivity contribution in [2.24, 2.45) is 11.8 Å². The molecule has 0 heterocycles. The summed E-state index contributed by atoms with van der Waals surface area (Å²) in [6, 6.07) is 5.84. The van der Waals surface area contributed by atoms with Crippen molar-refractivity contribution in [2.45, 2.75) is 34.1 Å². The van der Waals surface area contributed by atoms with Gasteiger partial charge in [-0.15, -0.1) is 0 Å². The quantitative estimate of drug-likeness (QED) is 0.750. The van der Waals surface area contributed by atoms with E-state index < -0.39 is 0 Å². The monoisotopic (exact) mass is 336 g/mol. The van der Waals surface area contributed by atoms with Crippen LogP contribution in [0.15, 0.2) is 18.2 Å². The lowest BCUT2D eigenvalue weighted by Gasteiger charge is -2.26. The summed E-state index contributed by atoms with van der Waals surface area (Å²) in [7, 11) is 3.24. The predicted molar refractivity (Wildman–Crippen MR) is 97.9 cm³/mol. The maximum atomic E-state index is 12.4. The van der Waals surface area contributed by atoms with E-state index >= 15 is 0 Å². The van der Waals surface area contributed by atoms with Crippen molar-refractivity contribution >= 4 is 6.03 Å². The minimum Gasteiger partial charge on any atom is -0.493 e. The zero-order chi connectivity index (χ0) is 18.1. The summed E-state index contributed by atoms with van der Waals surface area (Å²) < 4.78 is 10.5. The Labute approximate surface area is 146 Å². The molecule has 0 saturated carbocycles. The number of rotatable bonds is 9. The van der Waals surface area contributed by atoms with Gasteiger partial charge in [0, 0.05) is 19.6 Å². The Morgan fingerprint density at radius 3 is 2.12 bits per heavy atom. The summed E-state index contributed by atoms with van der Waals surface area (Å²) in [5, 5.41) is 3.02. The van der Waals surface area contributed by atoms with Crippen molar-refractivity contribution in [2.75, 3.05) is 33.9 Å². The standard InChI is InChI=1S/C19H32N2O3/c1-14(2)12-21(13-15(3)4)19(22)20-10-9-16-7-8-17(23-5)18(11-16)24-6/h7-8,11,14-15H,9-10,12-13H2,1-6H3,(H,20,22).